The van der Waals surface area contributed by atoms with Crippen molar-refractivity contribution in [1.29, 1.82) is 0 Å². The van der Waals surface area contributed by atoms with E-state index in [-0.39, 0.29) is 5.75 Å². The highest BCUT2D eigenvalue weighted by Gasteiger charge is 2.09. The molecule has 9 heteroatoms. The molecule has 3 rings (SSSR count). The molecule has 2 heterocycles. The van der Waals surface area contributed by atoms with E-state index in [4.69, 9.17) is 5.11 Å². The summed E-state index contributed by atoms with van der Waals surface area (Å²) in [7, 11) is 0. The molecule has 7 nitrogen and oxygen atoms in total. The van der Waals surface area contributed by atoms with Gasteiger partial charge in [-0.25, -0.2) is 0 Å². The number of carboxylic acids is 1. The van der Waals surface area contributed by atoms with Gasteiger partial charge in [-0.2, -0.15) is 8.75 Å². The Bertz CT molecular complexity index is 738. The third-order valence-electron chi connectivity index (χ3n) is 2.33. The molecule has 0 aliphatic heterocycles. The van der Waals surface area contributed by atoms with Crippen molar-refractivity contribution in [1.82, 2.24) is 23.9 Å². The minimum atomic E-state index is -0.891. The molecule has 0 unspecified atom stereocenters. The monoisotopic (exact) mass is 293 g/mol. The molecule has 0 atom stereocenters. The maximum atomic E-state index is 10.5. The average molecular weight is 293 g/mol. The van der Waals surface area contributed by atoms with Crippen LogP contribution in [-0.4, -0.2) is 40.8 Å². The van der Waals surface area contributed by atoms with Crippen LogP contribution in [0.5, 0.6) is 0 Å². The van der Waals surface area contributed by atoms with Gasteiger partial charge in [0.2, 0.25) is 0 Å². The summed E-state index contributed by atoms with van der Waals surface area (Å²) in [6, 6.07) is 5.60. The number of fused-ring (bicyclic) bond motifs is 1. The first-order valence-corrected chi connectivity index (χ1v) is 6.94. The van der Waals surface area contributed by atoms with E-state index in [1.807, 2.05) is 18.2 Å². The Labute approximate surface area is 115 Å². The fourth-order valence-electron chi connectivity index (χ4n) is 1.50. The summed E-state index contributed by atoms with van der Waals surface area (Å²) >= 11 is 2.25. The lowest BCUT2D eigenvalue weighted by Crippen LogP contribution is -1.97. The van der Waals surface area contributed by atoms with E-state index < -0.39 is 5.97 Å². The summed E-state index contributed by atoms with van der Waals surface area (Å²) in [5.74, 6) is -0.357. The predicted octanol–water partition coefficient (Wildman–Crippen LogP) is 1.65. The first-order valence-electron chi connectivity index (χ1n) is 5.22. The zero-order valence-electron chi connectivity index (χ0n) is 9.40. The van der Waals surface area contributed by atoms with Gasteiger partial charge in [-0.1, -0.05) is 11.8 Å². The van der Waals surface area contributed by atoms with Crippen molar-refractivity contribution in [3.05, 3.63) is 18.2 Å². The number of benzene rings is 1. The number of aromatic amines is 1. The molecule has 3 aromatic rings. The summed E-state index contributed by atoms with van der Waals surface area (Å²) in [5.41, 5.74) is 2.49. The Morgan fingerprint density at radius 1 is 1.32 bits per heavy atom. The van der Waals surface area contributed by atoms with Crippen LogP contribution in [0.3, 0.4) is 0 Å². The summed E-state index contributed by atoms with van der Waals surface area (Å²) in [4.78, 5) is 13.4. The molecule has 0 radical (unpaired) electrons. The number of hydrogen-bond acceptors (Lipinski definition) is 7. The molecule has 1 aromatic carbocycles. The second-order valence-corrected chi connectivity index (χ2v) is 5.12. The average Bonchev–Trinajstić information content (AvgIpc) is 3.04. The summed E-state index contributed by atoms with van der Waals surface area (Å²) < 4.78 is 8.28. The number of rotatable bonds is 4. The Balaban J connectivity index is 1.86. The lowest BCUT2D eigenvalue weighted by Gasteiger charge is -1.95. The number of hydrogen-bond donors (Lipinski definition) is 2. The molecule has 0 saturated heterocycles. The summed E-state index contributed by atoms with van der Waals surface area (Å²) in [6.07, 6.45) is 0. The van der Waals surface area contributed by atoms with Gasteiger partial charge in [-0.3, -0.25) is 4.79 Å². The van der Waals surface area contributed by atoms with Gasteiger partial charge in [0.05, 0.1) is 17.5 Å². The number of aliphatic carboxylic acids is 1. The Hall–Kier alpha value is -2.00. The van der Waals surface area contributed by atoms with Crippen molar-refractivity contribution < 1.29 is 9.90 Å². The second kappa shape index (κ2) is 4.94. The van der Waals surface area contributed by atoms with Crippen molar-refractivity contribution in [3.8, 4) is 11.4 Å². The van der Waals surface area contributed by atoms with E-state index in [1.165, 1.54) is 0 Å². The first kappa shape index (κ1) is 12.1. The lowest BCUT2D eigenvalue weighted by atomic mass is 10.2. The van der Waals surface area contributed by atoms with Gasteiger partial charge >= 0.3 is 5.97 Å². The number of carbonyl (C=O) groups is 1. The summed E-state index contributed by atoms with van der Waals surface area (Å²) in [5, 5.41) is 17.0. The van der Waals surface area contributed by atoms with Crippen LogP contribution in [0.15, 0.2) is 23.4 Å². The molecule has 0 spiro atoms. The van der Waals surface area contributed by atoms with E-state index >= 15 is 0 Å². The van der Waals surface area contributed by atoms with Crippen molar-refractivity contribution in [3.63, 3.8) is 0 Å². The van der Waals surface area contributed by atoms with Crippen LogP contribution < -0.4 is 0 Å². The fraction of sp³-hybridized carbons (Fsp3) is 0.100. The highest BCUT2D eigenvalue weighted by Crippen LogP contribution is 2.22. The molecule has 0 saturated carbocycles. The van der Waals surface area contributed by atoms with Crippen molar-refractivity contribution in [2.24, 2.45) is 0 Å². The van der Waals surface area contributed by atoms with E-state index in [1.54, 1.807) is 0 Å². The van der Waals surface area contributed by atoms with Gasteiger partial charge in [0, 0.05) is 5.56 Å². The standard InChI is InChI=1S/C10H7N5O2S2/c16-8(17)4-18-10-11-9(12-13-10)5-1-2-6-7(3-5)15-19-14-6/h1-3H,4H2,(H,16,17)(H,11,12,13). The number of carboxylic acid groups (broad SMARTS) is 1. The Kier molecular flexibility index (Phi) is 3.13. The molecule has 0 amide bonds. The van der Waals surface area contributed by atoms with Crippen molar-refractivity contribution >= 4 is 40.5 Å². The molecule has 2 N–H and O–H groups in total. The van der Waals surface area contributed by atoms with Gasteiger partial charge in [0.25, 0.3) is 0 Å². The zero-order chi connectivity index (χ0) is 13.2. The number of aromatic nitrogens is 5. The third-order valence-corrected chi connectivity index (χ3v) is 3.73. The molecule has 19 heavy (non-hydrogen) atoms. The minimum absolute atomic E-state index is 0.0519. The van der Waals surface area contributed by atoms with Gasteiger partial charge in [0.1, 0.15) is 11.0 Å². The topological polar surface area (TPSA) is 105 Å². The molecule has 0 aliphatic carbocycles. The largest absolute Gasteiger partial charge is 0.481 e. The number of nitrogens with one attached hydrogen (secondary N) is 1. The Morgan fingerprint density at radius 3 is 3.00 bits per heavy atom. The SMILES string of the molecule is O=C(O)CSc1nnc(-c2ccc3nsnc3c2)[nH]1. The van der Waals surface area contributed by atoms with E-state index in [2.05, 4.69) is 23.9 Å². The van der Waals surface area contributed by atoms with Crippen molar-refractivity contribution in [2.45, 2.75) is 5.16 Å². The van der Waals surface area contributed by atoms with Crippen LogP contribution in [0.1, 0.15) is 0 Å². The number of thioether (sulfide) groups is 1. The van der Waals surface area contributed by atoms with Crippen molar-refractivity contribution in [2.75, 3.05) is 5.75 Å². The maximum Gasteiger partial charge on any atom is 0.313 e. The van der Waals surface area contributed by atoms with Crippen LogP contribution in [0.4, 0.5) is 0 Å². The van der Waals surface area contributed by atoms with Crippen LogP contribution in [-0.2, 0) is 4.79 Å². The quantitative estimate of drug-likeness (QED) is 0.705. The van der Waals surface area contributed by atoms with Gasteiger partial charge in [-0.15, -0.1) is 10.2 Å². The van der Waals surface area contributed by atoms with Crippen LogP contribution in [0.25, 0.3) is 22.4 Å². The van der Waals surface area contributed by atoms with Crippen LogP contribution in [0.2, 0.25) is 0 Å². The van der Waals surface area contributed by atoms with Crippen LogP contribution >= 0.6 is 23.5 Å². The lowest BCUT2D eigenvalue weighted by molar-refractivity contribution is -0.133. The van der Waals surface area contributed by atoms with E-state index in [9.17, 15) is 4.79 Å². The van der Waals surface area contributed by atoms with E-state index in [0.29, 0.717) is 11.0 Å². The van der Waals surface area contributed by atoms with Gasteiger partial charge in [0.15, 0.2) is 11.0 Å². The van der Waals surface area contributed by atoms with Crippen LogP contribution in [0, 0.1) is 0 Å². The predicted molar refractivity (Wildman–Crippen MR) is 71.2 cm³/mol. The molecule has 96 valence electrons. The number of nitrogens with zero attached hydrogens (tertiary/aromatic N) is 4. The fourth-order valence-corrected chi connectivity index (χ4v) is 2.55. The third kappa shape index (κ3) is 2.56. The number of H-pyrrole nitrogens is 1. The second-order valence-electron chi connectivity index (χ2n) is 3.63. The molecular formula is C10H7N5O2S2. The van der Waals surface area contributed by atoms with Gasteiger partial charge < -0.3 is 10.1 Å². The highest BCUT2D eigenvalue weighted by molar-refractivity contribution is 7.99. The molecule has 0 fully saturated rings. The zero-order valence-corrected chi connectivity index (χ0v) is 11.0. The summed E-state index contributed by atoms with van der Waals surface area (Å²) in [6.45, 7) is 0. The van der Waals surface area contributed by atoms with Gasteiger partial charge in [-0.05, 0) is 18.2 Å². The Morgan fingerprint density at radius 2 is 2.16 bits per heavy atom. The molecule has 0 aliphatic rings. The first-order chi connectivity index (χ1) is 9.22. The smallest absolute Gasteiger partial charge is 0.313 e. The van der Waals surface area contributed by atoms with E-state index in [0.717, 1.165) is 40.1 Å². The maximum absolute atomic E-state index is 10.5. The highest BCUT2D eigenvalue weighted by atomic mass is 32.2. The molecule has 2 aromatic heterocycles. The molecule has 0 bridgehead atoms. The normalized spacial score (nSPS) is 10.9. The minimum Gasteiger partial charge on any atom is -0.481 e. The molecular weight excluding hydrogens is 286 g/mol.